The van der Waals surface area contributed by atoms with Gasteiger partial charge < -0.3 is 15.2 Å². The van der Waals surface area contributed by atoms with E-state index in [4.69, 9.17) is 9.84 Å². The lowest BCUT2D eigenvalue weighted by molar-refractivity contribution is -0.146. The van der Waals surface area contributed by atoms with E-state index >= 15 is 0 Å². The SMILES string of the molecule is Cc1nc(C2=COC(C(=O)O)N2)n[nH]1. The summed E-state index contributed by atoms with van der Waals surface area (Å²) in [6.45, 7) is 1.75. The van der Waals surface area contributed by atoms with E-state index in [0.717, 1.165) is 0 Å². The van der Waals surface area contributed by atoms with Crippen LogP contribution in [-0.2, 0) is 9.53 Å². The third-order valence-electron chi connectivity index (χ3n) is 1.67. The summed E-state index contributed by atoms with van der Waals surface area (Å²) in [5, 5.41) is 17.7. The largest absolute Gasteiger partial charge is 0.477 e. The average molecular weight is 196 g/mol. The number of carboxylic acids is 1. The summed E-state index contributed by atoms with van der Waals surface area (Å²) in [5.41, 5.74) is 0.460. The lowest BCUT2D eigenvalue weighted by atomic mass is 10.4. The number of hydrogen-bond acceptors (Lipinski definition) is 5. The second kappa shape index (κ2) is 3.02. The van der Waals surface area contributed by atoms with E-state index in [1.807, 2.05) is 0 Å². The predicted molar refractivity (Wildman–Crippen MR) is 44.7 cm³/mol. The lowest BCUT2D eigenvalue weighted by Gasteiger charge is -2.04. The fraction of sp³-hybridized carbons (Fsp3) is 0.286. The molecule has 0 radical (unpaired) electrons. The number of aryl methyl sites for hydroxylation is 1. The van der Waals surface area contributed by atoms with E-state index in [1.165, 1.54) is 6.26 Å². The Morgan fingerprint density at radius 2 is 2.50 bits per heavy atom. The number of rotatable bonds is 2. The first-order valence-electron chi connectivity index (χ1n) is 3.91. The zero-order valence-electron chi connectivity index (χ0n) is 7.31. The van der Waals surface area contributed by atoms with E-state index in [9.17, 15) is 4.79 Å². The molecule has 0 spiro atoms. The molecule has 0 saturated carbocycles. The van der Waals surface area contributed by atoms with Gasteiger partial charge in [-0.25, -0.2) is 9.78 Å². The quantitative estimate of drug-likeness (QED) is 0.586. The maximum Gasteiger partial charge on any atom is 0.366 e. The molecule has 1 aliphatic heterocycles. The van der Waals surface area contributed by atoms with Gasteiger partial charge in [0.1, 0.15) is 17.8 Å². The fourth-order valence-corrected chi connectivity index (χ4v) is 1.05. The predicted octanol–water partition coefficient (Wildman–Crippen LogP) is -0.558. The van der Waals surface area contributed by atoms with Gasteiger partial charge in [-0.3, -0.25) is 5.10 Å². The second-order valence-corrected chi connectivity index (χ2v) is 2.77. The fourth-order valence-electron chi connectivity index (χ4n) is 1.05. The summed E-state index contributed by atoms with van der Waals surface area (Å²) < 4.78 is 4.82. The van der Waals surface area contributed by atoms with Crippen molar-refractivity contribution in [1.29, 1.82) is 0 Å². The molecule has 1 aromatic heterocycles. The molecule has 7 heteroatoms. The molecular weight excluding hydrogens is 188 g/mol. The summed E-state index contributed by atoms with van der Waals surface area (Å²) in [5.74, 6) is -0.0313. The monoisotopic (exact) mass is 196 g/mol. The van der Waals surface area contributed by atoms with Crippen LogP contribution in [0.3, 0.4) is 0 Å². The first kappa shape index (κ1) is 8.54. The summed E-state index contributed by atoms with van der Waals surface area (Å²) >= 11 is 0. The van der Waals surface area contributed by atoms with Gasteiger partial charge in [0.15, 0.2) is 0 Å². The van der Waals surface area contributed by atoms with E-state index in [2.05, 4.69) is 20.5 Å². The number of carboxylic acid groups (broad SMARTS) is 1. The average Bonchev–Trinajstić information content (AvgIpc) is 2.70. The summed E-state index contributed by atoms with van der Waals surface area (Å²) in [6, 6.07) is 0. The van der Waals surface area contributed by atoms with Gasteiger partial charge in [0.25, 0.3) is 6.23 Å². The number of H-pyrrole nitrogens is 1. The highest BCUT2D eigenvalue weighted by Gasteiger charge is 2.26. The highest BCUT2D eigenvalue weighted by molar-refractivity contribution is 5.76. The zero-order chi connectivity index (χ0) is 10.1. The minimum atomic E-state index is -1.08. The van der Waals surface area contributed by atoms with Crippen molar-refractivity contribution in [1.82, 2.24) is 20.5 Å². The molecule has 0 fully saturated rings. The molecule has 2 rings (SSSR count). The smallest absolute Gasteiger partial charge is 0.366 e. The normalized spacial score (nSPS) is 19.8. The van der Waals surface area contributed by atoms with Crippen molar-refractivity contribution in [2.75, 3.05) is 0 Å². The molecule has 0 aromatic carbocycles. The van der Waals surface area contributed by atoms with Crippen molar-refractivity contribution in [2.45, 2.75) is 13.2 Å². The van der Waals surface area contributed by atoms with Gasteiger partial charge in [0.2, 0.25) is 5.82 Å². The Hall–Kier alpha value is -2.05. The van der Waals surface area contributed by atoms with Crippen molar-refractivity contribution in [3.63, 3.8) is 0 Å². The molecule has 3 N–H and O–H groups in total. The van der Waals surface area contributed by atoms with Gasteiger partial charge in [-0.1, -0.05) is 0 Å². The van der Waals surface area contributed by atoms with Crippen LogP contribution in [0.15, 0.2) is 6.26 Å². The van der Waals surface area contributed by atoms with Gasteiger partial charge in [0.05, 0.1) is 0 Å². The van der Waals surface area contributed by atoms with E-state index < -0.39 is 12.2 Å². The third kappa shape index (κ3) is 1.39. The first-order chi connectivity index (χ1) is 6.66. The van der Waals surface area contributed by atoms with Crippen molar-refractivity contribution < 1.29 is 14.6 Å². The molecule has 14 heavy (non-hydrogen) atoms. The number of ether oxygens (including phenoxy) is 1. The van der Waals surface area contributed by atoms with Crippen molar-refractivity contribution in [3.05, 3.63) is 17.9 Å². The zero-order valence-corrected chi connectivity index (χ0v) is 7.31. The summed E-state index contributed by atoms with van der Waals surface area (Å²) in [7, 11) is 0. The molecule has 0 amide bonds. The third-order valence-corrected chi connectivity index (χ3v) is 1.67. The van der Waals surface area contributed by atoms with Gasteiger partial charge in [0, 0.05) is 0 Å². The molecular formula is C7H8N4O3. The van der Waals surface area contributed by atoms with Crippen molar-refractivity contribution in [2.24, 2.45) is 0 Å². The van der Waals surface area contributed by atoms with Crippen LogP contribution in [0.25, 0.3) is 5.70 Å². The summed E-state index contributed by atoms with van der Waals surface area (Å²) in [6.07, 6.45) is 0.241. The number of nitrogens with one attached hydrogen (secondary N) is 2. The van der Waals surface area contributed by atoms with Gasteiger partial charge in [-0.2, -0.15) is 5.10 Å². The van der Waals surface area contributed by atoms with E-state index in [-0.39, 0.29) is 0 Å². The van der Waals surface area contributed by atoms with Gasteiger partial charge in [-0.15, -0.1) is 0 Å². The maximum atomic E-state index is 10.5. The molecule has 0 aliphatic carbocycles. The van der Waals surface area contributed by atoms with Crippen molar-refractivity contribution in [3.8, 4) is 0 Å². The van der Waals surface area contributed by atoms with Gasteiger partial charge in [-0.05, 0) is 6.92 Å². The minimum absolute atomic E-state index is 0.395. The molecule has 1 aliphatic rings. The van der Waals surface area contributed by atoms with Gasteiger partial charge >= 0.3 is 5.97 Å². The Bertz CT molecular complexity index is 397. The van der Waals surface area contributed by atoms with E-state index in [1.54, 1.807) is 6.92 Å². The molecule has 0 bridgehead atoms. The molecule has 74 valence electrons. The van der Waals surface area contributed by atoms with E-state index in [0.29, 0.717) is 17.3 Å². The van der Waals surface area contributed by atoms with Crippen LogP contribution in [0.5, 0.6) is 0 Å². The maximum absolute atomic E-state index is 10.5. The Morgan fingerprint density at radius 1 is 1.71 bits per heavy atom. The number of nitrogens with zero attached hydrogens (tertiary/aromatic N) is 2. The highest BCUT2D eigenvalue weighted by Crippen LogP contribution is 2.13. The van der Waals surface area contributed by atoms with Crippen LogP contribution >= 0.6 is 0 Å². The number of carbonyl (C=O) groups is 1. The Labute approximate surface area is 78.8 Å². The molecule has 0 saturated heterocycles. The van der Waals surface area contributed by atoms with Crippen LogP contribution in [0, 0.1) is 6.92 Å². The van der Waals surface area contributed by atoms with Crippen LogP contribution in [-0.4, -0.2) is 32.5 Å². The van der Waals surface area contributed by atoms with Crippen LogP contribution in [0.1, 0.15) is 11.6 Å². The molecule has 1 atom stereocenters. The Kier molecular flexibility index (Phi) is 1.84. The molecule has 1 unspecified atom stereocenters. The number of aliphatic carboxylic acids is 1. The minimum Gasteiger partial charge on any atom is -0.477 e. The highest BCUT2D eigenvalue weighted by atomic mass is 16.5. The topological polar surface area (TPSA) is 100 Å². The van der Waals surface area contributed by atoms with Crippen molar-refractivity contribution >= 4 is 11.7 Å². The number of aromatic amines is 1. The lowest BCUT2D eigenvalue weighted by Crippen LogP contribution is -2.32. The second-order valence-electron chi connectivity index (χ2n) is 2.77. The van der Waals surface area contributed by atoms with Crippen LogP contribution in [0.2, 0.25) is 0 Å². The molecule has 7 nitrogen and oxygen atoms in total. The number of aromatic nitrogens is 3. The van der Waals surface area contributed by atoms with Crippen LogP contribution < -0.4 is 5.32 Å². The number of hydrogen-bond donors (Lipinski definition) is 3. The Morgan fingerprint density at radius 3 is 3.00 bits per heavy atom. The molecule has 2 heterocycles. The summed E-state index contributed by atoms with van der Waals surface area (Å²) in [4.78, 5) is 14.5. The first-order valence-corrected chi connectivity index (χ1v) is 3.91. The van der Waals surface area contributed by atoms with Crippen LogP contribution in [0.4, 0.5) is 0 Å². The standard InChI is InChI=1S/C7H8N4O3/c1-3-8-5(11-10-3)4-2-14-6(9-4)7(12)13/h2,6,9H,1H3,(H,12,13)(H,8,10,11). The molecule has 1 aromatic rings. The Balaban J connectivity index is 2.12.